The van der Waals surface area contributed by atoms with Crippen LogP contribution in [0, 0.1) is 10.1 Å². The Morgan fingerprint density at radius 3 is 2.35 bits per heavy atom. The second-order valence-electron chi connectivity index (χ2n) is 10.7. The smallest absolute Gasteiger partial charge is 0.435 e. The molecule has 1 aromatic heterocycles. The number of hydrogen-bond donors (Lipinski definition) is 0. The van der Waals surface area contributed by atoms with Crippen molar-refractivity contribution in [1.82, 2.24) is 20.0 Å². The molecule has 13 heteroatoms. The Kier molecular flexibility index (Phi) is 9.09. The van der Waals surface area contributed by atoms with Crippen LogP contribution in [0.3, 0.4) is 0 Å². The van der Waals surface area contributed by atoms with E-state index in [0.29, 0.717) is 36.6 Å². The number of nitro groups is 1. The van der Waals surface area contributed by atoms with Crippen molar-refractivity contribution < 1.29 is 27.6 Å². The molecule has 2 aliphatic rings. The van der Waals surface area contributed by atoms with Crippen LogP contribution < -0.4 is 9.64 Å². The van der Waals surface area contributed by atoms with Crippen LogP contribution >= 0.6 is 0 Å². The highest BCUT2D eigenvalue weighted by molar-refractivity contribution is 5.96. The molecular weight excluding hydrogens is 565 g/mol. The standard InChI is InChI=1S/C30H33F3N6O4/c1-2-36-14-3-15-37(19-18-36)25-9-6-23(20-26(25)39(41)42)29(40)38-16-12-22(13-17-38)21-4-7-24(8-5-21)43-28-11-10-27(34-35-28)30(31,32)33/h4-11,20,22H,2-3,12-19H2,1H3. The molecule has 0 radical (unpaired) electrons. The molecule has 0 unspecified atom stereocenters. The van der Waals surface area contributed by atoms with Gasteiger partial charge in [-0.3, -0.25) is 14.9 Å². The molecule has 2 fully saturated rings. The van der Waals surface area contributed by atoms with Gasteiger partial charge >= 0.3 is 6.18 Å². The number of piperidine rings is 1. The normalized spacial score (nSPS) is 17.0. The first-order valence-corrected chi connectivity index (χ1v) is 14.4. The maximum absolute atomic E-state index is 13.3. The van der Waals surface area contributed by atoms with Crippen molar-refractivity contribution in [2.75, 3.05) is 50.7 Å². The Morgan fingerprint density at radius 2 is 1.72 bits per heavy atom. The van der Waals surface area contributed by atoms with Crippen LogP contribution in [0.4, 0.5) is 24.5 Å². The summed E-state index contributed by atoms with van der Waals surface area (Å²) in [4.78, 5) is 31.0. The number of nitro benzene ring substituents is 1. The summed E-state index contributed by atoms with van der Waals surface area (Å²) in [5.74, 6) is 0.350. The summed E-state index contributed by atoms with van der Waals surface area (Å²) >= 11 is 0. The number of likely N-dealkylation sites (N-methyl/N-ethyl adjacent to an activating group) is 1. The number of anilines is 1. The highest BCUT2D eigenvalue weighted by atomic mass is 19.4. The monoisotopic (exact) mass is 598 g/mol. The second-order valence-corrected chi connectivity index (χ2v) is 10.7. The molecule has 0 saturated carbocycles. The van der Waals surface area contributed by atoms with Crippen molar-refractivity contribution in [3.63, 3.8) is 0 Å². The Balaban J connectivity index is 1.18. The molecule has 1 amide bonds. The second kappa shape index (κ2) is 12.9. The lowest BCUT2D eigenvalue weighted by molar-refractivity contribution is -0.384. The highest BCUT2D eigenvalue weighted by Crippen LogP contribution is 2.34. The molecule has 2 saturated heterocycles. The molecule has 3 aromatic rings. The highest BCUT2D eigenvalue weighted by Gasteiger charge is 2.33. The van der Waals surface area contributed by atoms with E-state index in [0.717, 1.165) is 63.1 Å². The van der Waals surface area contributed by atoms with Crippen molar-refractivity contribution >= 4 is 17.3 Å². The topological polar surface area (TPSA) is 105 Å². The Labute approximate surface area is 247 Å². The number of carbonyl (C=O) groups is 1. The minimum Gasteiger partial charge on any atom is -0.438 e. The van der Waals surface area contributed by atoms with Crippen molar-refractivity contribution in [2.24, 2.45) is 0 Å². The largest absolute Gasteiger partial charge is 0.438 e. The first-order valence-electron chi connectivity index (χ1n) is 14.4. The van der Waals surface area contributed by atoms with Crippen LogP contribution in [0.25, 0.3) is 0 Å². The summed E-state index contributed by atoms with van der Waals surface area (Å²) in [6.45, 7) is 7.31. The lowest BCUT2D eigenvalue weighted by atomic mass is 9.89. The Hall–Kier alpha value is -4.26. The predicted molar refractivity (Wildman–Crippen MR) is 153 cm³/mol. The summed E-state index contributed by atoms with van der Waals surface area (Å²) in [6.07, 6.45) is -2.21. The van der Waals surface area contributed by atoms with Crippen LogP contribution in [-0.4, -0.2) is 76.6 Å². The van der Waals surface area contributed by atoms with E-state index < -0.39 is 16.8 Å². The van der Waals surface area contributed by atoms with E-state index in [1.54, 1.807) is 29.2 Å². The van der Waals surface area contributed by atoms with Gasteiger partial charge in [0.25, 0.3) is 11.6 Å². The third-order valence-corrected chi connectivity index (χ3v) is 8.08. The Morgan fingerprint density at radius 1 is 0.977 bits per heavy atom. The molecule has 0 spiro atoms. The Bertz CT molecular complexity index is 1430. The van der Waals surface area contributed by atoms with Gasteiger partial charge in [0.2, 0.25) is 5.88 Å². The van der Waals surface area contributed by atoms with Crippen molar-refractivity contribution in [3.05, 3.63) is 81.5 Å². The quantitative estimate of drug-likeness (QED) is 0.250. The first-order chi connectivity index (χ1) is 20.6. The molecule has 5 rings (SSSR count). The van der Waals surface area contributed by atoms with E-state index in [4.69, 9.17) is 4.74 Å². The van der Waals surface area contributed by atoms with E-state index in [9.17, 15) is 28.1 Å². The van der Waals surface area contributed by atoms with Gasteiger partial charge in [0.15, 0.2) is 5.69 Å². The van der Waals surface area contributed by atoms with Gasteiger partial charge in [-0.15, -0.1) is 10.2 Å². The van der Waals surface area contributed by atoms with Crippen LogP contribution in [0.15, 0.2) is 54.6 Å². The summed E-state index contributed by atoms with van der Waals surface area (Å²) in [5, 5.41) is 18.6. The molecule has 10 nitrogen and oxygen atoms in total. The van der Waals surface area contributed by atoms with Gasteiger partial charge in [-0.25, -0.2) is 0 Å². The SMILES string of the molecule is CCN1CCCN(c2ccc(C(=O)N3CCC(c4ccc(Oc5ccc(C(F)(F)F)nn5)cc4)CC3)cc2[N+](=O)[O-])CC1. The zero-order valence-electron chi connectivity index (χ0n) is 23.8. The fourth-order valence-electron chi connectivity index (χ4n) is 5.65. The van der Waals surface area contributed by atoms with Crippen molar-refractivity contribution in [1.29, 1.82) is 0 Å². The van der Waals surface area contributed by atoms with Crippen LogP contribution in [0.2, 0.25) is 0 Å². The average Bonchev–Trinajstić information content (AvgIpc) is 3.26. The molecule has 0 atom stereocenters. The van der Waals surface area contributed by atoms with E-state index in [1.807, 2.05) is 17.0 Å². The van der Waals surface area contributed by atoms with Crippen LogP contribution in [0.1, 0.15) is 53.7 Å². The van der Waals surface area contributed by atoms with Crippen LogP contribution in [0.5, 0.6) is 11.6 Å². The first kappa shape index (κ1) is 30.2. The number of nitrogens with zero attached hydrogens (tertiary/aromatic N) is 6. The number of rotatable bonds is 7. The minimum absolute atomic E-state index is 0.0459. The van der Waals surface area contributed by atoms with E-state index >= 15 is 0 Å². The van der Waals surface area contributed by atoms with Gasteiger partial charge in [-0.2, -0.15) is 13.2 Å². The molecule has 2 aliphatic heterocycles. The maximum atomic E-state index is 13.3. The molecule has 3 heterocycles. The number of benzene rings is 2. The van der Waals surface area contributed by atoms with Gasteiger partial charge in [0, 0.05) is 50.4 Å². The van der Waals surface area contributed by atoms with E-state index in [1.165, 1.54) is 6.07 Å². The third kappa shape index (κ3) is 7.22. The fourth-order valence-corrected chi connectivity index (χ4v) is 5.65. The number of halogens is 3. The average molecular weight is 599 g/mol. The van der Waals surface area contributed by atoms with E-state index in [-0.39, 0.29) is 23.4 Å². The number of ether oxygens (including phenoxy) is 1. The van der Waals surface area contributed by atoms with Crippen molar-refractivity contribution in [2.45, 2.75) is 38.3 Å². The third-order valence-electron chi connectivity index (χ3n) is 8.08. The summed E-state index contributed by atoms with van der Waals surface area (Å²) in [6, 6.07) is 14.0. The molecular formula is C30H33F3N6O4. The van der Waals surface area contributed by atoms with Crippen molar-refractivity contribution in [3.8, 4) is 11.6 Å². The molecule has 43 heavy (non-hydrogen) atoms. The molecule has 0 aliphatic carbocycles. The zero-order valence-corrected chi connectivity index (χ0v) is 23.8. The zero-order chi connectivity index (χ0) is 30.6. The number of aromatic nitrogens is 2. The lowest BCUT2D eigenvalue weighted by Crippen LogP contribution is -2.38. The summed E-state index contributed by atoms with van der Waals surface area (Å²) < 4.78 is 43.6. The number of likely N-dealkylation sites (tertiary alicyclic amines) is 1. The van der Waals surface area contributed by atoms with Gasteiger partial charge in [0.1, 0.15) is 11.4 Å². The fraction of sp³-hybridized carbons (Fsp3) is 0.433. The molecule has 2 aromatic carbocycles. The lowest BCUT2D eigenvalue weighted by Gasteiger charge is -2.32. The maximum Gasteiger partial charge on any atom is 0.435 e. The minimum atomic E-state index is -4.57. The molecule has 0 N–H and O–H groups in total. The molecule has 228 valence electrons. The summed E-state index contributed by atoms with van der Waals surface area (Å²) in [5.41, 5.74) is 0.779. The summed E-state index contributed by atoms with van der Waals surface area (Å²) in [7, 11) is 0. The molecule has 0 bridgehead atoms. The van der Waals surface area contributed by atoms with Crippen LogP contribution in [-0.2, 0) is 6.18 Å². The number of carbonyl (C=O) groups excluding carboxylic acids is 1. The van der Waals surface area contributed by atoms with Gasteiger partial charge < -0.3 is 19.4 Å². The van der Waals surface area contributed by atoms with Gasteiger partial charge in [-0.05, 0) is 74.2 Å². The number of amides is 1. The number of hydrogen-bond acceptors (Lipinski definition) is 8. The van der Waals surface area contributed by atoms with Gasteiger partial charge in [-0.1, -0.05) is 19.1 Å². The number of alkyl halides is 3. The van der Waals surface area contributed by atoms with E-state index in [2.05, 4.69) is 22.0 Å². The van der Waals surface area contributed by atoms with Gasteiger partial charge in [0.05, 0.1) is 4.92 Å². The predicted octanol–water partition coefficient (Wildman–Crippen LogP) is 5.75.